The second-order valence-corrected chi connectivity index (χ2v) is 43.3. The second-order valence-electron chi connectivity index (χ2n) is 35.2. The van der Waals surface area contributed by atoms with Crippen LogP contribution in [0, 0.1) is 38.2 Å². The number of hydrogen-bond acceptors (Lipinski definition) is 27. The molecule has 0 saturated heterocycles. The molecule has 36 heteroatoms. The third-order valence-electron chi connectivity index (χ3n) is 28.6. The predicted octanol–water partition coefficient (Wildman–Crippen LogP) is 15.5. The number of pyridine rings is 6. The number of fused-ring (bicyclic) bond motifs is 15. The zero-order valence-corrected chi connectivity index (χ0v) is 77.3. The molecule has 6 N–H and O–H groups in total. The lowest BCUT2D eigenvalue weighted by atomic mass is 9.81. The normalized spacial score (nSPS) is 25.2. The summed E-state index contributed by atoms with van der Waals surface area (Å²) in [6.07, 6.45) is 16.0. The van der Waals surface area contributed by atoms with E-state index in [9.17, 15) is 58.5 Å². The molecule has 12 atom stereocenters. The van der Waals surface area contributed by atoms with Crippen LogP contribution in [0.5, 0.6) is 0 Å². The number of alkyl carbamates (subject to hydrolysis) is 3. The Balaban J connectivity index is 0.000000126. The van der Waals surface area contributed by atoms with Crippen molar-refractivity contribution in [2.45, 2.75) is 266 Å². The number of halogens is 3. The zero-order chi connectivity index (χ0) is 90.6. The molecule has 3 aromatic carbocycles. The summed E-state index contributed by atoms with van der Waals surface area (Å²) in [5.41, 5.74) is 7.30. The van der Waals surface area contributed by atoms with Gasteiger partial charge in [-0.05, 0) is 223 Å². The standard InChI is InChI=1S/3C31H32FN3O6S2/c3*1-4-31(39)18-10-22-27-16(12-35(22)28(36)17(18)13-40-29(31)37)26-20(34-30(38)41-23-6-5-7-24(23)43-42-3)9-8-15-14(2)19(32)11-21(33-27)25(15)26/h3*10-11,20,23-24,39H,4-9,12-13H2,1-3H3,(H,34,38)/t20-,23+,24+,31-;2*20-,23-,24-,31-/m000/s1. The summed E-state index contributed by atoms with van der Waals surface area (Å²) in [7, 11) is 10.2. The minimum atomic E-state index is -1.95. The van der Waals surface area contributed by atoms with E-state index in [-0.39, 0.29) is 160 Å². The molecule has 12 aliphatic rings. The van der Waals surface area contributed by atoms with Crippen LogP contribution in [0.15, 0.2) is 50.8 Å². The van der Waals surface area contributed by atoms with E-state index in [1.165, 1.54) is 18.2 Å². The molecule has 0 unspecified atom stereocenters. The number of amides is 3. The van der Waals surface area contributed by atoms with E-state index in [2.05, 4.69) is 16.0 Å². The Hall–Kier alpha value is -9.27. The lowest BCUT2D eigenvalue weighted by Crippen LogP contribution is -2.44. The van der Waals surface area contributed by atoms with Crippen LogP contribution in [0.2, 0.25) is 0 Å². The first-order valence-electron chi connectivity index (χ1n) is 43.9. The van der Waals surface area contributed by atoms with Crippen LogP contribution in [0.3, 0.4) is 0 Å². The highest BCUT2D eigenvalue weighted by Crippen LogP contribution is 2.53. The number of hydrogen-bond donors (Lipinski definition) is 6. The van der Waals surface area contributed by atoms with Gasteiger partial charge in [-0.1, -0.05) is 85.5 Å². The summed E-state index contributed by atoms with van der Waals surface area (Å²) >= 11 is 0. The quantitative estimate of drug-likeness (QED) is 0.0315. The molecule has 6 aliphatic heterocycles. The fourth-order valence-corrected chi connectivity index (χ4v) is 28.5. The molecule has 0 bridgehead atoms. The molecular formula is C93H96F3N9O18S6. The van der Waals surface area contributed by atoms with E-state index < -0.39 is 71.1 Å². The average molecular weight is 1880 g/mol. The van der Waals surface area contributed by atoms with Crippen molar-refractivity contribution >= 4 is 134 Å². The van der Waals surface area contributed by atoms with E-state index >= 15 is 13.2 Å². The number of aromatic nitrogens is 6. The summed E-state index contributed by atoms with van der Waals surface area (Å²) in [6.45, 7) is 10.1. The Morgan fingerprint density at radius 2 is 0.690 bits per heavy atom. The lowest BCUT2D eigenvalue weighted by molar-refractivity contribution is -0.172. The van der Waals surface area contributed by atoms with Crippen molar-refractivity contribution in [1.82, 2.24) is 44.6 Å². The fourth-order valence-electron chi connectivity index (χ4n) is 21.8. The van der Waals surface area contributed by atoms with Crippen molar-refractivity contribution in [3.8, 4) is 34.2 Å². The average Bonchev–Trinajstić information content (AvgIpc) is 1.29. The van der Waals surface area contributed by atoms with Gasteiger partial charge in [-0.25, -0.2) is 56.9 Å². The predicted molar refractivity (Wildman–Crippen MR) is 487 cm³/mol. The van der Waals surface area contributed by atoms with Gasteiger partial charge < -0.3 is 73.4 Å². The Kier molecular flexibility index (Phi) is 23.7. The number of cyclic esters (lactones) is 3. The zero-order valence-electron chi connectivity index (χ0n) is 72.4. The van der Waals surface area contributed by atoms with Gasteiger partial charge in [0.05, 0.1) is 121 Å². The summed E-state index contributed by atoms with van der Waals surface area (Å²) in [5, 5.41) is 46.2. The van der Waals surface area contributed by atoms with Gasteiger partial charge in [-0.3, -0.25) is 14.4 Å². The SMILES string of the molecule is CC[C@@]1(O)C(=O)OCc2c1cc1n(c2=O)Cc2c-1nc1cc(F)c(C)c3c1c2[C@@H](NC(=O)O[C@@H]1CCC[C@H]1SSC)CC3.CC[C@@]1(O)C(=O)OCc2c1cc1n(c2=O)Cc2c-1nc1cc(F)c(C)c3c1c2[C@@H](NC(=O)O[C@H]1CCC[C@@H]1SSC)CC3.CC[C@@]1(O)C(=O)OCc2c1cc1n(c2=O)Cc2c-1nc1cc(F)c(C)c3c1c2[C@@H](NC(=O)O[C@H]1CCC[C@@H]1SSC)CC3. The van der Waals surface area contributed by atoms with Crippen LogP contribution in [0.4, 0.5) is 27.6 Å². The van der Waals surface area contributed by atoms with Crippen LogP contribution in [-0.4, -0.2) is 133 Å². The summed E-state index contributed by atoms with van der Waals surface area (Å²) in [5.74, 6) is -3.48. The molecule has 6 aliphatic carbocycles. The monoisotopic (exact) mass is 1880 g/mol. The third kappa shape index (κ3) is 14.6. The molecule has 3 saturated carbocycles. The first-order chi connectivity index (χ1) is 62.0. The van der Waals surface area contributed by atoms with Gasteiger partial charge in [0.15, 0.2) is 16.8 Å². The highest BCUT2D eigenvalue weighted by Gasteiger charge is 2.51. The molecule has 9 aromatic rings. The highest BCUT2D eigenvalue weighted by atomic mass is 33.1. The van der Waals surface area contributed by atoms with Crippen molar-refractivity contribution in [2.24, 2.45) is 0 Å². The third-order valence-corrected chi connectivity index (χ3v) is 35.5. The van der Waals surface area contributed by atoms with Crippen LogP contribution >= 0.6 is 64.8 Å². The maximum atomic E-state index is 15.1. The Morgan fingerprint density at radius 1 is 0.419 bits per heavy atom. The summed E-state index contributed by atoms with van der Waals surface area (Å²) in [4.78, 5) is 134. The highest BCUT2D eigenvalue weighted by molar-refractivity contribution is 8.77. The van der Waals surface area contributed by atoms with Crippen molar-refractivity contribution in [1.29, 1.82) is 0 Å². The first kappa shape index (κ1) is 89.0. The number of esters is 3. The largest absolute Gasteiger partial charge is 0.458 e. The van der Waals surface area contributed by atoms with E-state index in [1.807, 2.05) is 18.8 Å². The topological polar surface area (TPSA) is 359 Å². The molecule has 0 spiro atoms. The Labute approximate surface area is 762 Å². The molecule has 0 radical (unpaired) electrons. The second kappa shape index (κ2) is 34.4. The van der Waals surface area contributed by atoms with Crippen LogP contribution < -0.4 is 32.6 Å². The number of carbonyl (C=O) groups is 6. The molecule has 129 heavy (non-hydrogen) atoms. The smallest absolute Gasteiger partial charge is 0.407 e. The van der Waals surface area contributed by atoms with Crippen LogP contribution in [0.25, 0.3) is 66.9 Å². The minimum absolute atomic E-state index is 0.0320. The number of ether oxygens (including phenoxy) is 6. The molecule has 3 fully saturated rings. The summed E-state index contributed by atoms with van der Waals surface area (Å²) in [6, 6.07) is 7.84. The van der Waals surface area contributed by atoms with Crippen LogP contribution in [0.1, 0.15) is 235 Å². The van der Waals surface area contributed by atoms with E-state index in [0.29, 0.717) is 106 Å². The van der Waals surface area contributed by atoms with E-state index in [0.717, 1.165) is 124 Å². The fraction of sp³-hybridized carbons (Fsp3) is 0.484. The number of nitrogens with one attached hydrogen (secondary N) is 3. The number of carbonyl (C=O) groups excluding carboxylic acids is 6. The first-order valence-corrected chi connectivity index (χ1v) is 51.8. The molecule has 678 valence electrons. The van der Waals surface area contributed by atoms with Crippen molar-refractivity contribution in [3.05, 3.63) is 185 Å². The van der Waals surface area contributed by atoms with Gasteiger partial charge in [-0.15, -0.1) is 0 Å². The lowest BCUT2D eigenvalue weighted by Gasteiger charge is -2.31. The maximum absolute atomic E-state index is 15.1. The maximum Gasteiger partial charge on any atom is 0.407 e. The molecule has 21 rings (SSSR count). The Bertz CT molecular complexity index is 5940. The van der Waals surface area contributed by atoms with Gasteiger partial charge in [-0.2, -0.15) is 0 Å². The number of aryl methyl sites for hydroxylation is 3. The van der Waals surface area contributed by atoms with Gasteiger partial charge in [0.25, 0.3) is 16.7 Å². The number of benzene rings is 3. The van der Waals surface area contributed by atoms with Gasteiger partial charge >= 0.3 is 36.2 Å². The summed E-state index contributed by atoms with van der Waals surface area (Å²) < 4.78 is 83.5. The number of aliphatic hydroxyl groups is 3. The van der Waals surface area contributed by atoms with Crippen molar-refractivity contribution in [2.75, 3.05) is 18.8 Å². The van der Waals surface area contributed by atoms with E-state index in [4.69, 9.17) is 43.4 Å². The molecule has 6 aromatic heterocycles. The van der Waals surface area contributed by atoms with Gasteiger partial charge in [0.2, 0.25) is 0 Å². The van der Waals surface area contributed by atoms with Gasteiger partial charge in [0, 0.05) is 67.7 Å². The minimum Gasteiger partial charge on any atom is -0.458 e. The van der Waals surface area contributed by atoms with Gasteiger partial charge in [0.1, 0.15) is 55.6 Å². The molecule has 3 amide bonds. The number of nitrogens with zero attached hydrogens (tertiary/aromatic N) is 6. The Morgan fingerprint density at radius 3 is 0.946 bits per heavy atom. The van der Waals surface area contributed by atoms with Crippen LogP contribution in [-0.2, 0) is 118 Å². The van der Waals surface area contributed by atoms with E-state index in [1.54, 1.807) is 138 Å². The van der Waals surface area contributed by atoms with Crippen molar-refractivity contribution in [3.63, 3.8) is 0 Å². The molecule has 12 heterocycles. The number of rotatable bonds is 15. The molecule has 27 nitrogen and oxygen atoms in total. The molecular weight excluding hydrogens is 1780 g/mol. The van der Waals surface area contributed by atoms with Crippen molar-refractivity contribution < 1.29 is 85.7 Å².